The van der Waals surface area contributed by atoms with Crippen LogP contribution in [0.5, 0.6) is 0 Å². The van der Waals surface area contributed by atoms with Crippen LogP contribution >= 0.6 is 50.5 Å². The molecule has 0 bridgehead atoms. The number of rotatable bonds is 6. The summed E-state index contributed by atoms with van der Waals surface area (Å²) in [5, 5.41) is 6.89. The van der Waals surface area contributed by atoms with Gasteiger partial charge in [-0.25, -0.2) is 0 Å². The third kappa shape index (κ3) is 4.22. The van der Waals surface area contributed by atoms with Crippen molar-refractivity contribution in [1.82, 2.24) is 5.32 Å². The van der Waals surface area contributed by atoms with E-state index in [0.717, 1.165) is 19.4 Å². The monoisotopic (exact) mass is 391 g/mol. The topological polar surface area (TPSA) is 12.0 Å². The molecule has 1 aromatic carbocycles. The number of hydrogen-bond acceptors (Lipinski definition) is 2. The van der Waals surface area contributed by atoms with Crippen molar-refractivity contribution in [3.8, 4) is 0 Å². The predicted octanol–water partition coefficient (Wildman–Crippen LogP) is 6.10. The fourth-order valence-electron chi connectivity index (χ4n) is 2.01. The van der Waals surface area contributed by atoms with Gasteiger partial charge in [0.15, 0.2) is 0 Å². The summed E-state index contributed by atoms with van der Waals surface area (Å²) in [6.45, 7) is 3.15. The third-order valence-electron chi connectivity index (χ3n) is 3.07. The minimum absolute atomic E-state index is 0.250. The maximum Gasteiger partial charge on any atom is 0.0595 e. The van der Waals surface area contributed by atoms with Gasteiger partial charge in [-0.1, -0.05) is 36.2 Å². The van der Waals surface area contributed by atoms with Crippen LogP contribution < -0.4 is 5.32 Å². The summed E-state index contributed by atoms with van der Waals surface area (Å²) in [6, 6.07) is 8.20. The lowest BCUT2D eigenvalue weighted by Gasteiger charge is -2.19. The third-order valence-corrected chi connectivity index (χ3v) is 5.76. The van der Waals surface area contributed by atoms with Gasteiger partial charge in [-0.3, -0.25) is 0 Å². The standard InChI is InChI=1S/C15H16BrCl2NS/c1-2-6-19-14(9-15-11(16)5-7-20-15)10-3-4-12(17)13(18)8-10/h3-5,7-8,14,19H,2,6,9H2,1H3. The smallest absolute Gasteiger partial charge is 0.0595 e. The van der Waals surface area contributed by atoms with Gasteiger partial charge in [0.2, 0.25) is 0 Å². The van der Waals surface area contributed by atoms with Gasteiger partial charge in [-0.05, 0) is 58.0 Å². The Morgan fingerprint density at radius 1 is 1.25 bits per heavy atom. The van der Waals surface area contributed by atoms with Crippen molar-refractivity contribution in [2.24, 2.45) is 0 Å². The van der Waals surface area contributed by atoms with Gasteiger partial charge in [0.05, 0.1) is 10.0 Å². The van der Waals surface area contributed by atoms with Gasteiger partial charge < -0.3 is 5.32 Å². The Balaban J connectivity index is 2.22. The lowest BCUT2D eigenvalue weighted by Crippen LogP contribution is -2.24. The first-order valence-electron chi connectivity index (χ1n) is 6.52. The number of thiophene rings is 1. The average molecular weight is 393 g/mol. The van der Waals surface area contributed by atoms with Crippen LogP contribution in [-0.4, -0.2) is 6.54 Å². The summed E-state index contributed by atoms with van der Waals surface area (Å²) in [4.78, 5) is 1.34. The van der Waals surface area contributed by atoms with E-state index in [1.807, 2.05) is 18.2 Å². The van der Waals surface area contributed by atoms with E-state index >= 15 is 0 Å². The fourth-order valence-corrected chi connectivity index (χ4v) is 3.88. The van der Waals surface area contributed by atoms with E-state index in [-0.39, 0.29) is 6.04 Å². The van der Waals surface area contributed by atoms with E-state index in [0.29, 0.717) is 10.0 Å². The maximum atomic E-state index is 6.14. The molecule has 108 valence electrons. The van der Waals surface area contributed by atoms with Gasteiger partial charge in [0.25, 0.3) is 0 Å². The highest BCUT2D eigenvalue weighted by Crippen LogP contribution is 2.31. The number of nitrogens with one attached hydrogen (secondary N) is 1. The average Bonchev–Trinajstić information content (AvgIpc) is 2.83. The molecule has 0 fully saturated rings. The molecule has 2 aromatic rings. The largest absolute Gasteiger partial charge is 0.310 e. The number of hydrogen-bond donors (Lipinski definition) is 1. The molecule has 1 aromatic heterocycles. The first-order chi connectivity index (χ1) is 9.61. The Kier molecular flexibility index (Phi) is 6.37. The van der Waals surface area contributed by atoms with Crippen molar-refractivity contribution >= 4 is 50.5 Å². The van der Waals surface area contributed by atoms with Crippen molar-refractivity contribution in [1.29, 1.82) is 0 Å². The Morgan fingerprint density at radius 2 is 2.05 bits per heavy atom. The van der Waals surface area contributed by atoms with Crippen LogP contribution in [0.25, 0.3) is 0 Å². The molecule has 0 saturated carbocycles. The highest BCUT2D eigenvalue weighted by Gasteiger charge is 2.15. The maximum absolute atomic E-state index is 6.14. The summed E-state index contributed by atoms with van der Waals surface area (Å²) in [5.74, 6) is 0. The van der Waals surface area contributed by atoms with Crippen molar-refractivity contribution in [2.45, 2.75) is 25.8 Å². The predicted molar refractivity (Wildman–Crippen MR) is 93.2 cm³/mol. The normalized spacial score (nSPS) is 12.6. The zero-order chi connectivity index (χ0) is 14.5. The molecule has 0 saturated heterocycles. The number of halogens is 3. The molecule has 1 N–H and O–H groups in total. The molecular weight excluding hydrogens is 377 g/mol. The first-order valence-corrected chi connectivity index (χ1v) is 8.95. The van der Waals surface area contributed by atoms with E-state index < -0.39 is 0 Å². The molecular formula is C15H16BrCl2NS. The van der Waals surface area contributed by atoms with Gasteiger partial charge in [0.1, 0.15) is 0 Å². The van der Waals surface area contributed by atoms with Crippen molar-refractivity contribution in [3.63, 3.8) is 0 Å². The van der Waals surface area contributed by atoms with E-state index in [1.165, 1.54) is 14.9 Å². The molecule has 1 unspecified atom stereocenters. The quantitative estimate of drug-likeness (QED) is 0.625. The summed E-state index contributed by atoms with van der Waals surface area (Å²) in [7, 11) is 0. The molecule has 2 rings (SSSR count). The van der Waals surface area contributed by atoms with Gasteiger partial charge in [-0.15, -0.1) is 11.3 Å². The molecule has 1 atom stereocenters. The molecule has 0 aliphatic carbocycles. The van der Waals surface area contributed by atoms with Crippen LogP contribution in [0.2, 0.25) is 10.0 Å². The lowest BCUT2D eigenvalue weighted by atomic mass is 10.0. The van der Waals surface area contributed by atoms with E-state index in [9.17, 15) is 0 Å². The summed E-state index contributed by atoms with van der Waals surface area (Å²) in [6.07, 6.45) is 2.04. The molecule has 5 heteroatoms. The van der Waals surface area contributed by atoms with Crippen molar-refractivity contribution in [2.75, 3.05) is 6.54 Å². The molecule has 20 heavy (non-hydrogen) atoms. The Labute approximate surface area is 142 Å². The van der Waals surface area contributed by atoms with Crippen LogP contribution in [0.3, 0.4) is 0 Å². The van der Waals surface area contributed by atoms with Crippen molar-refractivity contribution < 1.29 is 0 Å². The second kappa shape index (κ2) is 7.81. The lowest BCUT2D eigenvalue weighted by molar-refractivity contribution is 0.532. The highest BCUT2D eigenvalue weighted by atomic mass is 79.9. The highest BCUT2D eigenvalue weighted by molar-refractivity contribution is 9.10. The second-order valence-electron chi connectivity index (χ2n) is 4.58. The first kappa shape index (κ1) is 16.3. The van der Waals surface area contributed by atoms with Gasteiger partial charge >= 0.3 is 0 Å². The van der Waals surface area contributed by atoms with Crippen LogP contribution in [0, 0.1) is 0 Å². The zero-order valence-corrected chi connectivity index (χ0v) is 15.0. The Morgan fingerprint density at radius 3 is 2.65 bits per heavy atom. The molecule has 0 aliphatic heterocycles. The molecule has 1 nitrogen and oxygen atoms in total. The zero-order valence-electron chi connectivity index (χ0n) is 11.1. The van der Waals surface area contributed by atoms with Crippen LogP contribution in [-0.2, 0) is 6.42 Å². The molecule has 0 amide bonds. The minimum atomic E-state index is 0.250. The van der Waals surface area contributed by atoms with Gasteiger partial charge in [-0.2, -0.15) is 0 Å². The Hall–Kier alpha value is -0.0600. The van der Waals surface area contributed by atoms with Crippen LogP contribution in [0.1, 0.15) is 29.8 Å². The molecule has 0 radical (unpaired) electrons. The minimum Gasteiger partial charge on any atom is -0.310 e. The van der Waals surface area contributed by atoms with E-state index in [1.54, 1.807) is 11.3 Å². The van der Waals surface area contributed by atoms with Crippen LogP contribution in [0.15, 0.2) is 34.1 Å². The number of benzene rings is 1. The SMILES string of the molecule is CCCNC(Cc1sccc1Br)c1ccc(Cl)c(Cl)c1. The molecule has 0 aliphatic rings. The van der Waals surface area contributed by atoms with E-state index in [2.05, 4.69) is 39.6 Å². The fraction of sp³-hybridized carbons (Fsp3) is 0.333. The summed E-state index contributed by atoms with van der Waals surface area (Å²) >= 11 is 17.5. The van der Waals surface area contributed by atoms with E-state index in [4.69, 9.17) is 23.2 Å². The van der Waals surface area contributed by atoms with Gasteiger partial charge in [0, 0.05) is 21.8 Å². The molecule has 1 heterocycles. The van der Waals surface area contributed by atoms with Crippen molar-refractivity contribution in [3.05, 3.63) is 54.6 Å². The summed E-state index contributed by atoms with van der Waals surface area (Å²) in [5.41, 5.74) is 1.17. The summed E-state index contributed by atoms with van der Waals surface area (Å²) < 4.78 is 1.17. The Bertz CT molecular complexity index is 571. The van der Waals surface area contributed by atoms with Crippen LogP contribution in [0.4, 0.5) is 0 Å². The molecule has 0 spiro atoms. The second-order valence-corrected chi connectivity index (χ2v) is 7.25.